The van der Waals surface area contributed by atoms with Crippen LogP contribution < -0.4 is 5.32 Å². The van der Waals surface area contributed by atoms with E-state index in [9.17, 15) is 15.0 Å². The number of hydrogen-bond acceptors (Lipinski definition) is 4. The van der Waals surface area contributed by atoms with Crippen molar-refractivity contribution >= 4 is 5.91 Å². The molecule has 1 heterocycles. The molecule has 3 N–H and O–H groups in total. The lowest BCUT2D eigenvalue weighted by atomic mass is 10.1. The van der Waals surface area contributed by atoms with Crippen molar-refractivity contribution in [1.29, 1.82) is 0 Å². The Morgan fingerprint density at radius 3 is 2.74 bits per heavy atom. The van der Waals surface area contributed by atoms with Crippen LogP contribution in [0, 0.1) is 0 Å². The number of aromatic nitrogens is 1. The smallest absolute Gasteiger partial charge is 0.255 e. The van der Waals surface area contributed by atoms with Crippen molar-refractivity contribution in [3.63, 3.8) is 0 Å². The zero-order chi connectivity index (χ0) is 13.7. The minimum absolute atomic E-state index is 0.0565. The number of pyridine rings is 1. The predicted molar refractivity (Wildman–Crippen MR) is 70.0 cm³/mol. The van der Waals surface area contributed by atoms with E-state index in [2.05, 4.69) is 10.3 Å². The Balaban J connectivity index is 1.93. The van der Waals surface area contributed by atoms with Gasteiger partial charge < -0.3 is 15.5 Å². The lowest BCUT2D eigenvalue weighted by Gasteiger charge is -2.07. The zero-order valence-corrected chi connectivity index (χ0v) is 10.2. The molecule has 0 aliphatic rings. The number of carbonyl (C=O) groups is 1. The normalized spacial score (nSPS) is 10.1. The molecule has 2 aromatic rings. The van der Waals surface area contributed by atoms with E-state index in [-0.39, 0.29) is 11.3 Å². The first-order chi connectivity index (χ1) is 9.18. The van der Waals surface area contributed by atoms with Crippen LogP contribution in [0.1, 0.15) is 16.1 Å². The molecule has 0 radical (unpaired) electrons. The van der Waals surface area contributed by atoms with E-state index in [4.69, 9.17) is 0 Å². The highest BCUT2D eigenvalue weighted by molar-refractivity contribution is 5.97. The third-order valence-corrected chi connectivity index (χ3v) is 2.65. The van der Waals surface area contributed by atoms with Gasteiger partial charge in [0.25, 0.3) is 5.91 Å². The van der Waals surface area contributed by atoms with Gasteiger partial charge in [-0.1, -0.05) is 12.1 Å². The van der Waals surface area contributed by atoms with Gasteiger partial charge in [0, 0.05) is 24.9 Å². The van der Waals surface area contributed by atoms with Crippen LogP contribution in [-0.2, 0) is 6.42 Å². The van der Waals surface area contributed by atoms with Gasteiger partial charge in [0.05, 0.1) is 5.56 Å². The Morgan fingerprint density at radius 1 is 1.16 bits per heavy atom. The molecule has 0 bridgehead atoms. The van der Waals surface area contributed by atoms with Gasteiger partial charge in [0.15, 0.2) is 11.5 Å². The van der Waals surface area contributed by atoms with E-state index >= 15 is 0 Å². The van der Waals surface area contributed by atoms with Crippen molar-refractivity contribution in [3.05, 3.63) is 53.9 Å². The van der Waals surface area contributed by atoms with E-state index in [1.807, 2.05) is 18.2 Å². The highest BCUT2D eigenvalue weighted by Gasteiger charge is 2.13. The number of rotatable bonds is 4. The first kappa shape index (κ1) is 12.9. The average Bonchev–Trinajstić information content (AvgIpc) is 2.43. The molecule has 19 heavy (non-hydrogen) atoms. The molecular weight excluding hydrogens is 244 g/mol. The Bertz CT molecular complexity index is 570. The van der Waals surface area contributed by atoms with Gasteiger partial charge in [0.1, 0.15) is 0 Å². The zero-order valence-electron chi connectivity index (χ0n) is 10.2. The fourth-order valence-electron chi connectivity index (χ4n) is 1.66. The number of nitrogens with one attached hydrogen (secondary N) is 1. The summed E-state index contributed by atoms with van der Waals surface area (Å²) in [6, 6.07) is 9.85. The van der Waals surface area contributed by atoms with Crippen LogP contribution in [0.4, 0.5) is 0 Å². The summed E-state index contributed by atoms with van der Waals surface area (Å²) in [5, 5.41) is 21.5. The summed E-state index contributed by atoms with van der Waals surface area (Å²) in [4.78, 5) is 15.9. The van der Waals surface area contributed by atoms with Gasteiger partial charge in [0.2, 0.25) is 0 Å². The van der Waals surface area contributed by atoms with Crippen molar-refractivity contribution in [1.82, 2.24) is 10.3 Å². The maximum atomic E-state index is 11.8. The third kappa shape index (κ3) is 3.22. The fraction of sp³-hybridized carbons (Fsp3) is 0.143. The summed E-state index contributed by atoms with van der Waals surface area (Å²) >= 11 is 0. The topological polar surface area (TPSA) is 82.5 Å². The van der Waals surface area contributed by atoms with E-state index < -0.39 is 11.7 Å². The number of hydrogen-bond donors (Lipinski definition) is 3. The summed E-state index contributed by atoms with van der Waals surface area (Å²) in [6.07, 6.45) is 2.30. The molecule has 5 heteroatoms. The van der Waals surface area contributed by atoms with Gasteiger partial charge in [-0.25, -0.2) is 0 Å². The number of aromatic hydroxyl groups is 2. The first-order valence-corrected chi connectivity index (χ1v) is 5.87. The molecular formula is C14H14N2O3. The van der Waals surface area contributed by atoms with Crippen molar-refractivity contribution < 1.29 is 15.0 Å². The lowest BCUT2D eigenvalue weighted by Crippen LogP contribution is -2.25. The Labute approximate surface area is 110 Å². The van der Waals surface area contributed by atoms with E-state index in [1.54, 1.807) is 6.20 Å². The van der Waals surface area contributed by atoms with Crippen LogP contribution in [0.15, 0.2) is 42.6 Å². The average molecular weight is 258 g/mol. The number of benzene rings is 1. The van der Waals surface area contributed by atoms with Crippen LogP contribution in [-0.4, -0.2) is 27.6 Å². The summed E-state index contributed by atoms with van der Waals surface area (Å²) in [7, 11) is 0. The SMILES string of the molecule is O=C(NCCc1ccccn1)c1cccc(O)c1O. The van der Waals surface area contributed by atoms with Crippen LogP contribution in [0.3, 0.4) is 0 Å². The second-order valence-corrected chi connectivity index (χ2v) is 4.00. The van der Waals surface area contributed by atoms with Crippen molar-refractivity contribution in [2.75, 3.05) is 6.54 Å². The lowest BCUT2D eigenvalue weighted by molar-refractivity contribution is 0.0950. The predicted octanol–water partition coefficient (Wildman–Crippen LogP) is 1.47. The fourth-order valence-corrected chi connectivity index (χ4v) is 1.66. The number of para-hydroxylation sites is 1. The highest BCUT2D eigenvalue weighted by Crippen LogP contribution is 2.27. The molecule has 1 aromatic carbocycles. The number of carbonyl (C=O) groups excluding carboxylic acids is 1. The van der Waals surface area contributed by atoms with Crippen molar-refractivity contribution in [2.24, 2.45) is 0 Å². The summed E-state index contributed by atoms with van der Waals surface area (Å²) < 4.78 is 0. The van der Waals surface area contributed by atoms with Crippen LogP contribution in [0.2, 0.25) is 0 Å². The van der Waals surface area contributed by atoms with E-state index in [0.717, 1.165) is 5.69 Å². The Morgan fingerprint density at radius 2 is 2.00 bits per heavy atom. The summed E-state index contributed by atoms with van der Waals surface area (Å²) in [5.74, 6) is -1.14. The van der Waals surface area contributed by atoms with Gasteiger partial charge >= 0.3 is 0 Å². The van der Waals surface area contributed by atoms with Gasteiger partial charge in [-0.15, -0.1) is 0 Å². The molecule has 0 saturated heterocycles. The summed E-state index contributed by atoms with van der Waals surface area (Å²) in [6.45, 7) is 0.408. The monoisotopic (exact) mass is 258 g/mol. The van der Waals surface area contributed by atoms with Gasteiger partial charge in [-0.3, -0.25) is 9.78 Å². The molecule has 0 unspecified atom stereocenters. The highest BCUT2D eigenvalue weighted by atomic mass is 16.3. The molecule has 0 aliphatic carbocycles. The molecule has 98 valence electrons. The molecule has 1 aromatic heterocycles. The molecule has 0 spiro atoms. The Kier molecular flexibility index (Phi) is 3.97. The van der Waals surface area contributed by atoms with E-state index in [1.165, 1.54) is 18.2 Å². The number of phenols is 2. The quantitative estimate of drug-likeness (QED) is 0.725. The number of amides is 1. The number of phenolic OH excluding ortho intramolecular Hbond substituents is 2. The minimum atomic E-state index is -0.427. The summed E-state index contributed by atoms with van der Waals surface area (Å²) in [5.41, 5.74) is 0.934. The van der Waals surface area contributed by atoms with Crippen LogP contribution in [0.25, 0.3) is 0 Å². The third-order valence-electron chi connectivity index (χ3n) is 2.65. The van der Waals surface area contributed by atoms with E-state index in [0.29, 0.717) is 13.0 Å². The van der Waals surface area contributed by atoms with Crippen molar-refractivity contribution in [3.8, 4) is 11.5 Å². The second kappa shape index (κ2) is 5.86. The number of nitrogens with zero attached hydrogens (tertiary/aromatic N) is 1. The first-order valence-electron chi connectivity index (χ1n) is 5.87. The Hall–Kier alpha value is -2.56. The minimum Gasteiger partial charge on any atom is -0.504 e. The van der Waals surface area contributed by atoms with Crippen LogP contribution >= 0.6 is 0 Å². The van der Waals surface area contributed by atoms with Gasteiger partial charge in [-0.2, -0.15) is 0 Å². The van der Waals surface area contributed by atoms with Gasteiger partial charge in [-0.05, 0) is 24.3 Å². The molecule has 0 atom stereocenters. The van der Waals surface area contributed by atoms with Crippen molar-refractivity contribution in [2.45, 2.75) is 6.42 Å². The maximum Gasteiger partial charge on any atom is 0.255 e. The van der Waals surface area contributed by atoms with Crippen LogP contribution in [0.5, 0.6) is 11.5 Å². The standard InChI is InChI=1S/C14H14N2O3/c17-12-6-3-5-11(13(12)18)14(19)16-9-7-10-4-1-2-8-15-10/h1-6,8,17-18H,7,9H2,(H,16,19). The molecule has 1 amide bonds. The molecule has 5 nitrogen and oxygen atoms in total. The molecule has 2 rings (SSSR count). The molecule has 0 fully saturated rings. The second-order valence-electron chi connectivity index (χ2n) is 4.00. The largest absolute Gasteiger partial charge is 0.504 e. The maximum absolute atomic E-state index is 11.8. The molecule has 0 aliphatic heterocycles. The molecule has 0 saturated carbocycles.